The van der Waals surface area contributed by atoms with Crippen LogP contribution in [0.2, 0.25) is 0 Å². The highest BCUT2D eigenvalue weighted by Gasteiger charge is 2.27. The maximum Gasteiger partial charge on any atom is 0.0962 e. The van der Waals surface area contributed by atoms with Gasteiger partial charge in [-0.2, -0.15) is 0 Å². The summed E-state index contributed by atoms with van der Waals surface area (Å²) in [4.78, 5) is 0. The van der Waals surface area contributed by atoms with Crippen molar-refractivity contribution in [1.29, 1.82) is 0 Å². The van der Waals surface area contributed by atoms with Crippen LogP contribution < -0.4 is 10.6 Å². The number of hydrogen-bond acceptors (Lipinski definition) is 2. The second-order valence-electron chi connectivity index (χ2n) is 2.83. The van der Waals surface area contributed by atoms with Gasteiger partial charge in [-0.05, 0) is 13.8 Å². The van der Waals surface area contributed by atoms with Crippen molar-refractivity contribution < 1.29 is 0 Å². The number of hydrogen-bond donors (Lipinski definition) is 2. The topological polar surface area (TPSA) is 24.1 Å². The zero-order valence-electron chi connectivity index (χ0n) is 5.91. The molecule has 0 aliphatic carbocycles. The highest BCUT2D eigenvalue weighted by molar-refractivity contribution is 5.25. The molecule has 0 bridgehead atoms. The lowest BCUT2D eigenvalue weighted by Crippen LogP contribution is -2.32. The second kappa shape index (κ2) is 1.53. The molecule has 2 heteroatoms. The molecule has 1 heterocycles. The van der Waals surface area contributed by atoms with E-state index in [0.29, 0.717) is 0 Å². The average molecular weight is 124 g/mol. The molecule has 2 N–H and O–H groups in total. The Balaban J connectivity index is 2.81. The fraction of sp³-hybridized carbons (Fsp3) is 0.429. The van der Waals surface area contributed by atoms with Crippen molar-refractivity contribution in [2.45, 2.75) is 19.4 Å². The first-order chi connectivity index (χ1) is 4.02. The Labute approximate surface area is 55.6 Å². The molecule has 0 aromatic rings. The van der Waals surface area contributed by atoms with Crippen LogP contribution in [0.25, 0.3) is 0 Å². The van der Waals surface area contributed by atoms with E-state index in [1.165, 1.54) is 0 Å². The largest absolute Gasteiger partial charge is 0.362 e. The lowest BCUT2D eigenvalue weighted by molar-refractivity contribution is 0.552. The van der Waals surface area contributed by atoms with Gasteiger partial charge in [-0.15, -0.1) is 0 Å². The molecule has 0 amide bonds. The third-order valence-electron chi connectivity index (χ3n) is 1.52. The Morgan fingerprint density at radius 1 is 1.33 bits per heavy atom. The second-order valence-corrected chi connectivity index (χ2v) is 2.83. The van der Waals surface area contributed by atoms with Crippen LogP contribution in [0.15, 0.2) is 24.7 Å². The molecule has 9 heavy (non-hydrogen) atoms. The van der Waals surface area contributed by atoms with Crippen molar-refractivity contribution >= 4 is 0 Å². The summed E-state index contributed by atoms with van der Waals surface area (Å²) in [6, 6.07) is 0. The van der Waals surface area contributed by atoms with E-state index in [1.807, 2.05) is 0 Å². The van der Waals surface area contributed by atoms with Crippen molar-refractivity contribution in [1.82, 2.24) is 10.6 Å². The monoisotopic (exact) mass is 124 g/mol. The molecule has 0 spiro atoms. The molecule has 0 atom stereocenters. The lowest BCUT2D eigenvalue weighted by Gasteiger charge is -2.17. The average Bonchev–Trinajstić information content (AvgIpc) is 1.79. The van der Waals surface area contributed by atoms with E-state index in [4.69, 9.17) is 0 Å². The minimum absolute atomic E-state index is 0.0307. The van der Waals surface area contributed by atoms with Crippen LogP contribution in [0.4, 0.5) is 0 Å². The van der Waals surface area contributed by atoms with Crippen molar-refractivity contribution in [2.75, 3.05) is 0 Å². The van der Waals surface area contributed by atoms with E-state index in [0.717, 1.165) is 11.5 Å². The molecule has 0 aromatic carbocycles. The Bertz CT molecular complexity index is 168. The smallest absolute Gasteiger partial charge is 0.0962 e. The molecule has 1 aliphatic heterocycles. The molecular formula is C7H12N2. The summed E-state index contributed by atoms with van der Waals surface area (Å²) in [6.07, 6.45) is 0. The van der Waals surface area contributed by atoms with Crippen LogP contribution in [-0.4, -0.2) is 5.54 Å². The molecule has 50 valence electrons. The quantitative estimate of drug-likeness (QED) is 0.502. The first kappa shape index (κ1) is 6.20. The van der Waals surface area contributed by atoms with Crippen LogP contribution in [0.1, 0.15) is 13.8 Å². The van der Waals surface area contributed by atoms with Crippen molar-refractivity contribution in [3.63, 3.8) is 0 Å². The van der Waals surface area contributed by atoms with E-state index < -0.39 is 0 Å². The van der Waals surface area contributed by atoms with Gasteiger partial charge in [0, 0.05) is 5.70 Å². The normalized spacial score (nSPS) is 23.3. The van der Waals surface area contributed by atoms with Gasteiger partial charge in [0.1, 0.15) is 0 Å². The Kier molecular flexibility index (Phi) is 1.05. The molecule has 0 aromatic heterocycles. The van der Waals surface area contributed by atoms with Crippen LogP contribution in [-0.2, 0) is 0 Å². The zero-order chi connectivity index (χ0) is 7.07. The van der Waals surface area contributed by atoms with E-state index in [-0.39, 0.29) is 5.54 Å². The predicted octanol–water partition coefficient (Wildman–Crippen LogP) is 0.943. The number of rotatable bonds is 0. The summed E-state index contributed by atoms with van der Waals surface area (Å²) >= 11 is 0. The summed E-state index contributed by atoms with van der Waals surface area (Å²) in [5.41, 5.74) is 0.948. The van der Waals surface area contributed by atoms with Crippen LogP contribution >= 0.6 is 0 Å². The van der Waals surface area contributed by atoms with Gasteiger partial charge in [0.2, 0.25) is 0 Å². The van der Waals surface area contributed by atoms with Crippen LogP contribution in [0.3, 0.4) is 0 Å². The third-order valence-corrected chi connectivity index (χ3v) is 1.52. The summed E-state index contributed by atoms with van der Waals surface area (Å²) in [5.74, 6) is 0.838. The summed E-state index contributed by atoms with van der Waals surface area (Å²) < 4.78 is 0. The van der Waals surface area contributed by atoms with Gasteiger partial charge in [-0.1, -0.05) is 13.2 Å². The molecule has 1 fully saturated rings. The van der Waals surface area contributed by atoms with Gasteiger partial charge in [0.15, 0.2) is 0 Å². The SMILES string of the molecule is C=C1NC(=C)C(C)(C)N1. The fourth-order valence-electron chi connectivity index (χ4n) is 0.822. The minimum atomic E-state index is -0.0307. The molecule has 0 saturated carbocycles. The first-order valence-corrected chi connectivity index (χ1v) is 2.96. The summed E-state index contributed by atoms with van der Waals surface area (Å²) in [6.45, 7) is 11.7. The third kappa shape index (κ3) is 0.922. The zero-order valence-corrected chi connectivity index (χ0v) is 5.91. The summed E-state index contributed by atoms with van der Waals surface area (Å²) in [5, 5.41) is 6.14. The summed E-state index contributed by atoms with van der Waals surface area (Å²) in [7, 11) is 0. The lowest BCUT2D eigenvalue weighted by atomic mass is 10.0. The van der Waals surface area contributed by atoms with Gasteiger partial charge in [0.25, 0.3) is 0 Å². The standard InChI is InChI=1S/C7H12N2/c1-5-7(3,4)9-6(2)8-5/h8-9H,1-2H2,3-4H3. The maximum atomic E-state index is 3.82. The van der Waals surface area contributed by atoms with Crippen molar-refractivity contribution in [3.05, 3.63) is 24.7 Å². The maximum absolute atomic E-state index is 3.82. The highest BCUT2D eigenvalue weighted by atomic mass is 15.2. The Morgan fingerprint density at radius 3 is 2.00 bits per heavy atom. The fourth-order valence-corrected chi connectivity index (χ4v) is 0.822. The molecular weight excluding hydrogens is 112 g/mol. The van der Waals surface area contributed by atoms with Crippen molar-refractivity contribution in [2.24, 2.45) is 0 Å². The van der Waals surface area contributed by atoms with Gasteiger partial charge >= 0.3 is 0 Å². The highest BCUT2D eigenvalue weighted by Crippen LogP contribution is 2.18. The Morgan fingerprint density at radius 2 is 1.89 bits per heavy atom. The molecule has 2 nitrogen and oxygen atoms in total. The van der Waals surface area contributed by atoms with Gasteiger partial charge in [-0.3, -0.25) is 0 Å². The first-order valence-electron chi connectivity index (χ1n) is 2.96. The van der Waals surface area contributed by atoms with Crippen molar-refractivity contribution in [3.8, 4) is 0 Å². The number of nitrogens with one attached hydrogen (secondary N) is 2. The van der Waals surface area contributed by atoms with Gasteiger partial charge < -0.3 is 10.6 Å². The molecule has 1 rings (SSSR count). The van der Waals surface area contributed by atoms with Crippen LogP contribution in [0, 0.1) is 0 Å². The predicted molar refractivity (Wildman–Crippen MR) is 38.6 cm³/mol. The molecule has 0 radical (unpaired) electrons. The van der Waals surface area contributed by atoms with Crippen LogP contribution in [0.5, 0.6) is 0 Å². The Hall–Kier alpha value is -0.920. The van der Waals surface area contributed by atoms with Gasteiger partial charge in [-0.25, -0.2) is 0 Å². The minimum Gasteiger partial charge on any atom is -0.362 e. The van der Waals surface area contributed by atoms with Gasteiger partial charge in [0.05, 0.1) is 11.4 Å². The van der Waals surface area contributed by atoms with E-state index in [1.54, 1.807) is 0 Å². The van der Waals surface area contributed by atoms with E-state index in [2.05, 4.69) is 37.6 Å². The molecule has 0 unspecified atom stereocenters. The molecule has 1 saturated heterocycles. The van der Waals surface area contributed by atoms with E-state index >= 15 is 0 Å². The molecule has 1 aliphatic rings. The van der Waals surface area contributed by atoms with E-state index in [9.17, 15) is 0 Å².